The van der Waals surface area contributed by atoms with Gasteiger partial charge in [-0.15, -0.1) is 0 Å². The summed E-state index contributed by atoms with van der Waals surface area (Å²) in [5.74, 6) is 0.936. The third-order valence-corrected chi connectivity index (χ3v) is 4.88. The van der Waals surface area contributed by atoms with Gasteiger partial charge in [0, 0.05) is 29.2 Å². The molecule has 3 heteroatoms. The number of ether oxygens (including phenoxy) is 1. The van der Waals surface area contributed by atoms with Gasteiger partial charge in [0.15, 0.2) is 5.76 Å². The zero-order valence-electron chi connectivity index (χ0n) is 14.6. The number of aromatic nitrogens is 1. The summed E-state index contributed by atoms with van der Waals surface area (Å²) in [6.07, 6.45) is 3.94. The van der Waals surface area contributed by atoms with E-state index in [4.69, 9.17) is 4.74 Å². The number of rotatable bonds is 3. The molecule has 130 valence electrons. The van der Waals surface area contributed by atoms with Gasteiger partial charge < -0.3 is 9.30 Å². The van der Waals surface area contributed by atoms with Gasteiger partial charge in [-0.1, -0.05) is 60.7 Å². The standard InChI is InChI=1S/C24H17NO2/c26-24-20-11-5-7-13-22(20)27-23(24)14-18-16-25(15-17-8-2-1-3-9-17)21-12-6-4-10-19(18)21/h1-14,16H,15H2. The molecule has 27 heavy (non-hydrogen) atoms. The van der Waals surface area contributed by atoms with Crippen molar-refractivity contribution in [3.8, 4) is 5.75 Å². The Morgan fingerprint density at radius 2 is 1.59 bits per heavy atom. The van der Waals surface area contributed by atoms with E-state index in [9.17, 15) is 4.79 Å². The normalized spacial score (nSPS) is 14.5. The third-order valence-electron chi connectivity index (χ3n) is 4.88. The van der Waals surface area contributed by atoms with E-state index in [1.54, 1.807) is 6.07 Å². The van der Waals surface area contributed by atoms with E-state index in [0.29, 0.717) is 17.1 Å². The lowest BCUT2D eigenvalue weighted by Crippen LogP contribution is -1.98. The minimum absolute atomic E-state index is 0.0644. The van der Waals surface area contributed by atoms with Crippen molar-refractivity contribution in [1.29, 1.82) is 0 Å². The van der Waals surface area contributed by atoms with Gasteiger partial charge in [0.1, 0.15) is 5.75 Å². The number of para-hydroxylation sites is 2. The van der Waals surface area contributed by atoms with Crippen molar-refractivity contribution < 1.29 is 9.53 Å². The summed E-state index contributed by atoms with van der Waals surface area (Å²) in [7, 11) is 0. The molecule has 1 aromatic heterocycles. The predicted molar refractivity (Wildman–Crippen MR) is 107 cm³/mol. The number of carbonyl (C=O) groups is 1. The van der Waals surface area contributed by atoms with E-state index in [-0.39, 0.29) is 5.78 Å². The average Bonchev–Trinajstić information content (AvgIpc) is 3.21. The molecule has 0 unspecified atom stereocenters. The molecule has 0 saturated carbocycles. The molecule has 0 radical (unpaired) electrons. The number of fused-ring (bicyclic) bond motifs is 2. The minimum Gasteiger partial charge on any atom is -0.452 e. The summed E-state index contributed by atoms with van der Waals surface area (Å²) in [4.78, 5) is 12.6. The second-order valence-corrected chi connectivity index (χ2v) is 6.65. The largest absolute Gasteiger partial charge is 0.452 e. The first-order valence-electron chi connectivity index (χ1n) is 8.95. The molecule has 1 aliphatic heterocycles. The lowest BCUT2D eigenvalue weighted by molar-refractivity contribution is 0.101. The van der Waals surface area contributed by atoms with Crippen molar-refractivity contribution >= 4 is 22.8 Å². The van der Waals surface area contributed by atoms with Crippen molar-refractivity contribution in [2.45, 2.75) is 6.54 Å². The van der Waals surface area contributed by atoms with Gasteiger partial charge in [0.05, 0.1) is 5.56 Å². The Bertz CT molecular complexity index is 1190. The van der Waals surface area contributed by atoms with E-state index < -0.39 is 0 Å². The Labute approximate surface area is 157 Å². The van der Waals surface area contributed by atoms with Gasteiger partial charge >= 0.3 is 0 Å². The number of hydrogen-bond donors (Lipinski definition) is 0. The van der Waals surface area contributed by atoms with Gasteiger partial charge in [-0.05, 0) is 29.8 Å². The zero-order chi connectivity index (χ0) is 18.2. The Balaban J connectivity index is 1.58. The fourth-order valence-electron chi connectivity index (χ4n) is 3.58. The molecule has 3 aromatic carbocycles. The van der Waals surface area contributed by atoms with Gasteiger partial charge in [0.2, 0.25) is 5.78 Å². The molecular formula is C24H17NO2. The lowest BCUT2D eigenvalue weighted by atomic mass is 10.1. The van der Waals surface area contributed by atoms with E-state index in [1.165, 1.54) is 5.56 Å². The third kappa shape index (κ3) is 2.74. The van der Waals surface area contributed by atoms with Crippen LogP contribution >= 0.6 is 0 Å². The quantitative estimate of drug-likeness (QED) is 0.469. The number of nitrogens with zero attached hydrogens (tertiary/aromatic N) is 1. The van der Waals surface area contributed by atoms with Crippen molar-refractivity contribution in [3.63, 3.8) is 0 Å². The van der Waals surface area contributed by atoms with Crippen LogP contribution in [0.4, 0.5) is 0 Å². The Hall–Kier alpha value is -3.59. The first-order chi connectivity index (χ1) is 13.3. The van der Waals surface area contributed by atoms with Crippen molar-refractivity contribution in [2.75, 3.05) is 0 Å². The highest BCUT2D eigenvalue weighted by Gasteiger charge is 2.27. The maximum absolute atomic E-state index is 12.6. The van der Waals surface area contributed by atoms with E-state index >= 15 is 0 Å². The van der Waals surface area contributed by atoms with Gasteiger partial charge in [0.25, 0.3) is 0 Å². The number of Topliss-reactive ketones (excluding diaryl/α,β-unsaturated/α-hetero) is 1. The second kappa shape index (κ2) is 6.29. The number of ketones is 1. The maximum Gasteiger partial charge on any atom is 0.231 e. The Morgan fingerprint density at radius 1 is 0.852 bits per heavy atom. The minimum atomic E-state index is -0.0644. The molecular weight excluding hydrogens is 334 g/mol. The summed E-state index contributed by atoms with van der Waals surface area (Å²) < 4.78 is 8.01. The van der Waals surface area contributed by atoms with Crippen LogP contribution in [0, 0.1) is 0 Å². The number of hydrogen-bond acceptors (Lipinski definition) is 2. The summed E-state index contributed by atoms with van der Waals surface area (Å²) in [5.41, 5.74) is 3.98. The predicted octanol–water partition coefficient (Wildman–Crippen LogP) is 5.31. The number of carbonyl (C=O) groups excluding carboxylic acids is 1. The fraction of sp³-hybridized carbons (Fsp3) is 0.0417. The SMILES string of the molecule is O=C1C(=Cc2cn(Cc3ccccc3)c3ccccc23)Oc2ccccc21. The average molecular weight is 351 g/mol. The summed E-state index contributed by atoms with van der Waals surface area (Å²) in [6.45, 7) is 0.777. The molecule has 0 fully saturated rings. The highest BCUT2D eigenvalue weighted by atomic mass is 16.5. The highest BCUT2D eigenvalue weighted by molar-refractivity contribution is 6.15. The summed E-state index contributed by atoms with van der Waals surface area (Å²) >= 11 is 0. The molecule has 4 aromatic rings. The lowest BCUT2D eigenvalue weighted by Gasteiger charge is -2.05. The molecule has 3 nitrogen and oxygen atoms in total. The number of allylic oxidation sites excluding steroid dienone is 1. The van der Waals surface area contributed by atoms with Crippen molar-refractivity contribution in [2.24, 2.45) is 0 Å². The van der Waals surface area contributed by atoms with E-state index in [2.05, 4.69) is 35.0 Å². The van der Waals surface area contributed by atoms with Crippen LogP contribution in [0.5, 0.6) is 5.75 Å². The Morgan fingerprint density at radius 3 is 2.44 bits per heavy atom. The fourth-order valence-corrected chi connectivity index (χ4v) is 3.58. The van der Waals surface area contributed by atoms with Crippen LogP contribution in [-0.2, 0) is 6.54 Å². The van der Waals surface area contributed by atoms with Gasteiger partial charge in [-0.3, -0.25) is 4.79 Å². The first kappa shape index (κ1) is 15.6. The van der Waals surface area contributed by atoms with Crippen LogP contribution in [0.3, 0.4) is 0 Å². The second-order valence-electron chi connectivity index (χ2n) is 6.65. The summed E-state index contributed by atoms with van der Waals surface area (Å²) in [6, 6.07) is 25.9. The maximum atomic E-state index is 12.6. The van der Waals surface area contributed by atoms with Gasteiger partial charge in [-0.2, -0.15) is 0 Å². The summed E-state index contributed by atoms with van der Waals surface area (Å²) in [5, 5.41) is 1.10. The van der Waals surface area contributed by atoms with Crippen molar-refractivity contribution in [1.82, 2.24) is 4.57 Å². The van der Waals surface area contributed by atoms with E-state index in [0.717, 1.165) is 23.0 Å². The molecule has 0 N–H and O–H groups in total. The highest BCUT2D eigenvalue weighted by Crippen LogP contribution is 2.33. The molecule has 0 spiro atoms. The zero-order valence-corrected chi connectivity index (χ0v) is 14.6. The topological polar surface area (TPSA) is 31.2 Å². The monoisotopic (exact) mass is 351 g/mol. The van der Waals surface area contributed by atoms with E-state index in [1.807, 2.05) is 54.6 Å². The molecule has 5 rings (SSSR count). The van der Waals surface area contributed by atoms with Crippen LogP contribution in [0.25, 0.3) is 17.0 Å². The van der Waals surface area contributed by atoms with Crippen LogP contribution < -0.4 is 4.74 Å². The molecule has 0 amide bonds. The molecule has 0 atom stereocenters. The van der Waals surface area contributed by atoms with Crippen LogP contribution in [0.2, 0.25) is 0 Å². The van der Waals surface area contributed by atoms with Crippen LogP contribution in [0.1, 0.15) is 21.5 Å². The first-order valence-corrected chi connectivity index (χ1v) is 8.95. The molecule has 0 aliphatic carbocycles. The molecule has 1 aliphatic rings. The molecule has 0 saturated heterocycles. The van der Waals surface area contributed by atoms with Crippen molar-refractivity contribution in [3.05, 3.63) is 108 Å². The molecule has 0 bridgehead atoms. The van der Waals surface area contributed by atoms with Gasteiger partial charge in [-0.25, -0.2) is 0 Å². The van der Waals surface area contributed by atoms with Crippen LogP contribution in [0.15, 0.2) is 90.8 Å². The Kier molecular flexibility index (Phi) is 3.65. The van der Waals surface area contributed by atoms with Crippen LogP contribution in [-0.4, -0.2) is 10.4 Å². The molecule has 2 heterocycles. The number of benzene rings is 3. The smallest absolute Gasteiger partial charge is 0.231 e.